The quantitative estimate of drug-likeness (QED) is 0.781. The minimum atomic E-state index is -4.18. The monoisotopic (exact) mass is 363 g/mol. The summed E-state index contributed by atoms with van der Waals surface area (Å²) in [6, 6.07) is 1.41. The first kappa shape index (κ1) is 19.6. The van der Waals surface area contributed by atoms with Gasteiger partial charge in [-0.1, -0.05) is 13.8 Å². The highest BCUT2D eigenvalue weighted by atomic mass is 32.2. The van der Waals surface area contributed by atoms with Crippen LogP contribution in [0.25, 0.3) is 0 Å². The molecule has 1 aromatic carbocycles. The van der Waals surface area contributed by atoms with E-state index in [0.29, 0.717) is 5.56 Å². The van der Waals surface area contributed by atoms with Crippen molar-refractivity contribution in [2.24, 2.45) is 5.92 Å². The zero-order valence-electron chi connectivity index (χ0n) is 13.6. The summed E-state index contributed by atoms with van der Waals surface area (Å²) >= 11 is 0. The molecular formula is C14H21NO6S2. The van der Waals surface area contributed by atoms with Gasteiger partial charge in [-0.25, -0.2) is 16.8 Å². The molecule has 0 aromatic heterocycles. The number of hydrogen-bond donors (Lipinski definition) is 2. The molecule has 7 nitrogen and oxygen atoms in total. The largest absolute Gasteiger partial charge is 0.480 e. The van der Waals surface area contributed by atoms with E-state index in [0.717, 1.165) is 6.26 Å². The summed E-state index contributed by atoms with van der Waals surface area (Å²) in [5.74, 6) is -1.76. The van der Waals surface area contributed by atoms with Gasteiger partial charge >= 0.3 is 5.97 Å². The minimum absolute atomic E-state index is 0.0681. The van der Waals surface area contributed by atoms with Crippen molar-refractivity contribution in [1.29, 1.82) is 0 Å². The predicted octanol–water partition coefficient (Wildman–Crippen LogP) is 1.09. The van der Waals surface area contributed by atoms with Gasteiger partial charge in [-0.3, -0.25) is 4.79 Å². The van der Waals surface area contributed by atoms with E-state index in [4.69, 9.17) is 5.11 Å². The number of carboxylic acids is 1. The normalized spacial score (nSPS) is 14.0. The maximum atomic E-state index is 12.5. The summed E-state index contributed by atoms with van der Waals surface area (Å²) in [7, 11) is -7.79. The van der Waals surface area contributed by atoms with Crippen molar-refractivity contribution in [3.8, 4) is 0 Å². The molecule has 1 atom stereocenters. The van der Waals surface area contributed by atoms with E-state index in [2.05, 4.69) is 4.72 Å². The van der Waals surface area contributed by atoms with Crippen LogP contribution >= 0.6 is 0 Å². The number of sulfone groups is 1. The molecule has 0 saturated carbocycles. The molecular weight excluding hydrogens is 342 g/mol. The van der Waals surface area contributed by atoms with Gasteiger partial charge in [0, 0.05) is 6.26 Å². The lowest BCUT2D eigenvalue weighted by Crippen LogP contribution is -2.44. The fraction of sp³-hybridized carbons (Fsp3) is 0.500. The molecule has 0 heterocycles. The standard InChI is InChI=1S/C14H21NO6S2/c1-8(2)13(14(16)17)15-23(20,21)12-7-9(3)6-11(10(12)4)22(5,18)19/h6-8,13,15H,1-5H3,(H,16,17)/t13-/m1/s1. The number of carboxylic acid groups (broad SMARTS) is 1. The summed E-state index contributed by atoms with van der Waals surface area (Å²) in [6.45, 7) is 6.11. The predicted molar refractivity (Wildman–Crippen MR) is 85.6 cm³/mol. The van der Waals surface area contributed by atoms with Gasteiger partial charge in [0.05, 0.1) is 9.79 Å². The van der Waals surface area contributed by atoms with Crippen molar-refractivity contribution in [1.82, 2.24) is 4.72 Å². The highest BCUT2D eigenvalue weighted by Crippen LogP contribution is 2.25. The van der Waals surface area contributed by atoms with Crippen molar-refractivity contribution >= 4 is 25.8 Å². The van der Waals surface area contributed by atoms with Crippen LogP contribution in [0, 0.1) is 19.8 Å². The van der Waals surface area contributed by atoms with Gasteiger partial charge in [0.2, 0.25) is 10.0 Å². The molecule has 0 aliphatic heterocycles. The fourth-order valence-electron chi connectivity index (χ4n) is 2.16. The van der Waals surface area contributed by atoms with Crippen molar-refractivity contribution in [3.05, 3.63) is 23.3 Å². The summed E-state index contributed by atoms with van der Waals surface area (Å²) in [5, 5.41) is 9.14. The van der Waals surface area contributed by atoms with Crippen LogP contribution in [0.15, 0.2) is 21.9 Å². The Bertz CT molecular complexity index is 825. The van der Waals surface area contributed by atoms with E-state index in [1.807, 2.05) is 0 Å². The van der Waals surface area contributed by atoms with Gasteiger partial charge in [-0.15, -0.1) is 0 Å². The number of carbonyl (C=O) groups is 1. The number of sulfonamides is 1. The van der Waals surface area contributed by atoms with E-state index in [9.17, 15) is 21.6 Å². The Balaban J connectivity index is 3.51. The van der Waals surface area contributed by atoms with Crippen LogP contribution in [-0.2, 0) is 24.7 Å². The zero-order chi connectivity index (χ0) is 18.2. The van der Waals surface area contributed by atoms with E-state index < -0.39 is 37.8 Å². The van der Waals surface area contributed by atoms with Crippen LogP contribution in [0.1, 0.15) is 25.0 Å². The Labute approximate surface area is 136 Å². The molecule has 0 saturated heterocycles. The summed E-state index contributed by atoms with van der Waals surface area (Å²) < 4.78 is 50.8. The second-order valence-electron chi connectivity index (χ2n) is 5.84. The molecule has 0 unspecified atom stereocenters. The lowest BCUT2D eigenvalue weighted by molar-refractivity contribution is -0.140. The zero-order valence-corrected chi connectivity index (χ0v) is 15.2. The number of hydrogen-bond acceptors (Lipinski definition) is 5. The lowest BCUT2D eigenvalue weighted by Gasteiger charge is -2.19. The summed E-state index contributed by atoms with van der Waals surface area (Å²) in [4.78, 5) is 10.9. The van der Waals surface area contributed by atoms with Gasteiger partial charge in [0.1, 0.15) is 6.04 Å². The van der Waals surface area contributed by atoms with Gasteiger partial charge in [-0.2, -0.15) is 4.72 Å². The van der Waals surface area contributed by atoms with E-state index >= 15 is 0 Å². The molecule has 0 fully saturated rings. The van der Waals surface area contributed by atoms with E-state index in [1.54, 1.807) is 20.8 Å². The maximum absolute atomic E-state index is 12.5. The van der Waals surface area contributed by atoms with Gasteiger partial charge in [0.25, 0.3) is 0 Å². The number of aliphatic carboxylic acids is 1. The Morgan fingerprint density at radius 2 is 1.57 bits per heavy atom. The second kappa shape index (κ2) is 6.58. The first-order chi connectivity index (χ1) is 10.3. The second-order valence-corrected chi connectivity index (χ2v) is 9.51. The average molecular weight is 363 g/mol. The molecule has 0 bridgehead atoms. The average Bonchev–Trinajstić information content (AvgIpc) is 2.36. The fourth-order valence-corrected chi connectivity index (χ4v) is 4.98. The van der Waals surface area contributed by atoms with Crippen molar-refractivity contribution in [2.75, 3.05) is 6.26 Å². The van der Waals surface area contributed by atoms with Crippen LogP contribution in [0.5, 0.6) is 0 Å². The van der Waals surface area contributed by atoms with Crippen LogP contribution in [0.4, 0.5) is 0 Å². The molecule has 23 heavy (non-hydrogen) atoms. The number of nitrogens with one attached hydrogen (secondary N) is 1. The topological polar surface area (TPSA) is 118 Å². The SMILES string of the molecule is Cc1cc(S(C)(=O)=O)c(C)c(S(=O)(=O)N[C@@H](C(=O)O)C(C)C)c1. The summed E-state index contributed by atoms with van der Waals surface area (Å²) in [6.07, 6.45) is 0.993. The number of rotatable bonds is 6. The van der Waals surface area contributed by atoms with E-state index in [1.165, 1.54) is 19.1 Å². The molecule has 130 valence electrons. The van der Waals surface area contributed by atoms with Crippen molar-refractivity contribution in [3.63, 3.8) is 0 Å². The molecule has 2 N–H and O–H groups in total. The smallest absolute Gasteiger partial charge is 0.322 e. The first-order valence-electron chi connectivity index (χ1n) is 6.84. The van der Waals surface area contributed by atoms with Crippen LogP contribution in [-0.4, -0.2) is 40.2 Å². The molecule has 0 amide bonds. The van der Waals surface area contributed by atoms with Crippen LogP contribution in [0.2, 0.25) is 0 Å². The third kappa shape index (κ3) is 4.52. The summed E-state index contributed by atoms with van der Waals surface area (Å²) in [5.41, 5.74) is 0.520. The maximum Gasteiger partial charge on any atom is 0.322 e. The lowest BCUT2D eigenvalue weighted by atomic mass is 10.1. The Morgan fingerprint density at radius 1 is 1.09 bits per heavy atom. The Kier molecular flexibility index (Phi) is 5.61. The molecule has 0 radical (unpaired) electrons. The Hall–Kier alpha value is -1.45. The third-order valence-electron chi connectivity index (χ3n) is 3.36. The van der Waals surface area contributed by atoms with Crippen molar-refractivity contribution < 1.29 is 26.7 Å². The van der Waals surface area contributed by atoms with Crippen molar-refractivity contribution in [2.45, 2.75) is 43.5 Å². The minimum Gasteiger partial charge on any atom is -0.480 e. The molecule has 1 aromatic rings. The van der Waals surface area contributed by atoms with Crippen LogP contribution in [0.3, 0.4) is 0 Å². The number of benzene rings is 1. The molecule has 9 heteroatoms. The highest BCUT2D eigenvalue weighted by molar-refractivity contribution is 7.91. The number of aryl methyl sites for hydroxylation is 1. The Morgan fingerprint density at radius 3 is 1.96 bits per heavy atom. The van der Waals surface area contributed by atoms with E-state index in [-0.39, 0.29) is 15.4 Å². The van der Waals surface area contributed by atoms with Gasteiger partial charge in [0.15, 0.2) is 9.84 Å². The highest BCUT2D eigenvalue weighted by Gasteiger charge is 2.30. The van der Waals surface area contributed by atoms with Gasteiger partial charge in [-0.05, 0) is 43.0 Å². The molecule has 0 spiro atoms. The van der Waals surface area contributed by atoms with Crippen LogP contribution < -0.4 is 4.72 Å². The molecule has 0 aliphatic rings. The third-order valence-corrected chi connectivity index (χ3v) is 6.15. The molecule has 0 aliphatic carbocycles. The molecule has 1 rings (SSSR count). The first-order valence-corrected chi connectivity index (χ1v) is 10.2. The van der Waals surface area contributed by atoms with Gasteiger partial charge < -0.3 is 5.11 Å².